The molecule has 0 heterocycles. The van der Waals surface area contributed by atoms with Gasteiger partial charge in [0.25, 0.3) is 0 Å². The van der Waals surface area contributed by atoms with E-state index in [9.17, 15) is 9.90 Å². The van der Waals surface area contributed by atoms with Crippen LogP contribution in [0.15, 0.2) is 0 Å². The van der Waals surface area contributed by atoms with Gasteiger partial charge in [0.15, 0.2) is 0 Å². The highest BCUT2D eigenvalue weighted by Crippen LogP contribution is 2.58. The predicted octanol–water partition coefficient (Wildman–Crippen LogP) is 4.77. The van der Waals surface area contributed by atoms with Gasteiger partial charge in [0.05, 0.1) is 5.41 Å². The molecule has 2 bridgehead atoms. The number of rotatable bonds is 7. The zero-order valence-corrected chi connectivity index (χ0v) is 11.8. The van der Waals surface area contributed by atoms with Crippen molar-refractivity contribution in [1.29, 1.82) is 0 Å². The Balaban J connectivity index is 1.77. The Morgan fingerprint density at radius 1 is 0.944 bits per heavy atom. The summed E-state index contributed by atoms with van der Waals surface area (Å²) in [5.74, 6) is -0.529. The van der Waals surface area contributed by atoms with Crippen LogP contribution in [-0.4, -0.2) is 11.1 Å². The highest BCUT2D eigenvalue weighted by molar-refractivity contribution is 5.75. The summed E-state index contributed by atoms with van der Waals surface area (Å²) in [6.07, 6.45) is 14.5. The third-order valence-corrected chi connectivity index (χ3v) is 5.67. The molecule has 0 atom stereocenters. The molecular weight excluding hydrogens is 224 g/mol. The van der Waals surface area contributed by atoms with E-state index in [1.54, 1.807) is 0 Å². The second kappa shape index (κ2) is 5.63. The molecular formula is C16H28O2. The van der Waals surface area contributed by atoms with E-state index >= 15 is 0 Å². The van der Waals surface area contributed by atoms with Gasteiger partial charge in [-0.1, -0.05) is 39.0 Å². The molecule has 3 aliphatic carbocycles. The minimum Gasteiger partial charge on any atom is -0.481 e. The van der Waals surface area contributed by atoms with Crippen molar-refractivity contribution >= 4 is 5.97 Å². The molecule has 18 heavy (non-hydrogen) atoms. The molecule has 3 rings (SSSR count). The minimum atomic E-state index is -0.529. The number of aliphatic carboxylic acids is 1. The molecule has 0 amide bonds. The van der Waals surface area contributed by atoms with Crippen LogP contribution in [0.3, 0.4) is 0 Å². The molecule has 0 spiro atoms. The lowest BCUT2D eigenvalue weighted by molar-refractivity contribution is -0.159. The van der Waals surface area contributed by atoms with Crippen LogP contribution in [-0.2, 0) is 4.79 Å². The smallest absolute Gasteiger partial charge is 0.309 e. The summed E-state index contributed by atoms with van der Waals surface area (Å²) >= 11 is 0. The van der Waals surface area contributed by atoms with E-state index < -0.39 is 5.97 Å². The molecule has 3 fully saturated rings. The Kier molecular flexibility index (Phi) is 4.34. The van der Waals surface area contributed by atoms with Crippen LogP contribution in [0.1, 0.15) is 84.0 Å². The van der Waals surface area contributed by atoms with Crippen LogP contribution in [0.25, 0.3) is 0 Å². The number of fused-ring (bicyclic) bond motifs is 3. The quantitative estimate of drug-likeness (QED) is 0.662. The lowest BCUT2D eigenvalue weighted by Crippen LogP contribution is -2.45. The van der Waals surface area contributed by atoms with Crippen molar-refractivity contribution in [2.45, 2.75) is 84.0 Å². The van der Waals surface area contributed by atoms with Gasteiger partial charge in [-0.05, 0) is 50.4 Å². The minimum absolute atomic E-state index is 0.329. The van der Waals surface area contributed by atoms with E-state index in [0.29, 0.717) is 5.41 Å². The van der Waals surface area contributed by atoms with Crippen molar-refractivity contribution in [3.05, 3.63) is 0 Å². The van der Waals surface area contributed by atoms with E-state index in [1.807, 2.05) is 0 Å². The van der Waals surface area contributed by atoms with E-state index in [0.717, 1.165) is 19.3 Å². The standard InChI is InChI=1S/C16H28O2/c1-2-3-4-5-6-7-15-8-11-16(12-9-15,13-10-15)14(17)18/h2-13H2,1H3,(H,17,18). The molecule has 2 nitrogen and oxygen atoms in total. The Morgan fingerprint density at radius 2 is 1.50 bits per heavy atom. The van der Waals surface area contributed by atoms with Gasteiger partial charge in [-0.2, -0.15) is 0 Å². The molecule has 3 saturated carbocycles. The highest BCUT2D eigenvalue weighted by atomic mass is 16.4. The summed E-state index contributed by atoms with van der Waals surface area (Å²) in [7, 11) is 0. The lowest BCUT2D eigenvalue weighted by Gasteiger charge is -2.51. The number of carboxylic acids is 1. The second-order valence-corrected chi connectivity index (χ2v) is 6.75. The molecule has 0 aromatic carbocycles. The first-order valence-electron chi connectivity index (χ1n) is 7.86. The van der Waals surface area contributed by atoms with Crippen molar-refractivity contribution in [2.75, 3.05) is 0 Å². The third kappa shape index (κ3) is 2.73. The first-order valence-corrected chi connectivity index (χ1v) is 7.86. The number of unbranched alkanes of at least 4 members (excludes halogenated alkanes) is 4. The maximum absolute atomic E-state index is 11.4. The van der Waals surface area contributed by atoms with Crippen LogP contribution in [0, 0.1) is 10.8 Å². The summed E-state index contributed by atoms with van der Waals surface area (Å²) in [5, 5.41) is 9.37. The normalized spacial score (nSPS) is 34.7. The number of carboxylic acid groups (broad SMARTS) is 1. The summed E-state index contributed by atoms with van der Waals surface area (Å²) in [6, 6.07) is 0. The van der Waals surface area contributed by atoms with E-state index in [4.69, 9.17) is 0 Å². The fraction of sp³-hybridized carbons (Fsp3) is 0.938. The Labute approximate surface area is 111 Å². The van der Waals surface area contributed by atoms with Gasteiger partial charge in [-0.25, -0.2) is 0 Å². The lowest BCUT2D eigenvalue weighted by atomic mass is 9.52. The third-order valence-electron chi connectivity index (χ3n) is 5.67. The molecule has 0 saturated heterocycles. The first-order chi connectivity index (χ1) is 8.63. The van der Waals surface area contributed by atoms with E-state index in [1.165, 1.54) is 57.8 Å². The van der Waals surface area contributed by atoms with E-state index in [-0.39, 0.29) is 5.41 Å². The average Bonchev–Trinajstić information content (AvgIpc) is 2.40. The Bertz CT molecular complexity index is 271. The molecule has 0 radical (unpaired) electrons. The summed E-state index contributed by atoms with van der Waals surface area (Å²) in [6.45, 7) is 2.26. The highest BCUT2D eigenvalue weighted by Gasteiger charge is 2.51. The zero-order valence-electron chi connectivity index (χ0n) is 11.8. The molecule has 0 aromatic rings. The van der Waals surface area contributed by atoms with Crippen LogP contribution in [0.4, 0.5) is 0 Å². The molecule has 104 valence electrons. The van der Waals surface area contributed by atoms with Gasteiger partial charge in [0.1, 0.15) is 0 Å². The molecule has 0 aromatic heterocycles. The maximum Gasteiger partial charge on any atom is 0.309 e. The molecule has 0 unspecified atom stereocenters. The molecule has 0 aliphatic heterocycles. The van der Waals surface area contributed by atoms with Crippen molar-refractivity contribution in [1.82, 2.24) is 0 Å². The number of hydrogen-bond acceptors (Lipinski definition) is 1. The SMILES string of the molecule is CCCCCCCC12CCC(C(=O)O)(CC1)CC2. The fourth-order valence-corrected chi connectivity index (χ4v) is 4.06. The van der Waals surface area contributed by atoms with Crippen LogP contribution in [0.5, 0.6) is 0 Å². The van der Waals surface area contributed by atoms with Crippen LogP contribution < -0.4 is 0 Å². The summed E-state index contributed by atoms with van der Waals surface area (Å²) < 4.78 is 0. The average molecular weight is 252 g/mol. The Hall–Kier alpha value is -0.530. The van der Waals surface area contributed by atoms with Crippen molar-refractivity contribution in [2.24, 2.45) is 10.8 Å². The van der Waals surface area contributed by atoms with Gasteiger partial charge in [0, 0.05) is 0 Å². The predicted molar refractivity (Wildman–Crippen MR) is 73.6 cm³/mol. The zero-order chi connectivity index (χ0) is 13.1. The molecule has 3 aliphatic rings. The number of carbonyl (C=O) groups is 1. The maximum atomic E-state index is 11.4. The topological polar surface area (TPSA) is 37.3 Å². The van der Waals surface area contributed by atoms with E-state index in [2.05, 4.69) is 6.92 Å². The van der Waals surface area contributed by atoms with Gasteiger partial charge in [-0.3, -0.25) is 4.79 Å². The van der Waals surface area contributed by atoms with Crippen LogP contribution in [0.2, 0.25) is 0 Å². The van der Waals surface area contributed by atoms with Crippen molar-refractivity contribution < 1.29 is 9.90 Å². The fourth-order valence-electron chi connectivity index (χ4n) is 4.06. The van der Waals surface area contributed by atoms with Crippen molar-refractivity contribution in [3.8, 4) is 0 Å². The van der Waals surface area contributed by atoms with Gasteiger partial charge in [0.2, 0.25) is 0 Å². The monoisotopic (exact) mass is 252 g/mol. The van der Waals surface area contributed by atoms with Crippen LogP contribution >= 0.6 is 0 Å². The first kappa shape index (κ1) is 13.9. The summed E-state index contributed by atoms with van der Waals surface area (Å²) in [4.78, 5) is 11.4. The van der Waals surface area contributed by atoms with Crippen molar-refractivity contribution in [3.63, 3.8) is 0 Å². The largest absolute Gasteiger partial charge is 0.481 e. The summed E-state index contributed by atoms with van der Waals surface area (Å²) in [5.41, 5.74) is 0.202. The molecule has 2 heteroatoms. The molecule has 1 N–H and O–H groups in total. The number of hydrogen-bond donors (Lipinski definition) is 1. The van der Waals surface area contributed by atoms with Gasteiger partial charge >= 0.3 is 5.97 Å². The van der Waals surface area contributed by atoms with Gasteiger partial charge in [-0.15, -0.1) is 0 Å². The van der Waals surface area contributed by atoms with Gasteiger partial charge < -0.3 is 5.11 Å². The second-order valence-electron chi connectivity index (χ2n) is 6.75. The Morgan fingerprint density at radius 3 is 2.00 bits per heavy atom.